The number of hydrogen-bond donors (Lipinski definition) is 3. The molecule has 0 aromatic heterocycles. The van der Waals surface area contributed by atoms with E-state index in [1.165, 1.54) is 5.56 Å². The highest BCUT2D eigenvalue weighted by atomic mass is 16.2. The van der Waals surface area contributed by atoms with Gasteiger partial charge in [0.1, 0.15) is 0 Å². The zero-order valence-electron chi connectivity index (χ0n) is 14.7. The Morgan fingerprint density at radius 3 is 2.00 bits per heavy atom. The fourth-order valence-corrected chi connectivity index (χ4v) is 2.52. The fraction of sp³-hybridized carbons (Fsp3) is 0.556. The first-order valence-corrected chi connectivity index (χ1v) is 8.22. The van der Waals surface area contributed by atoms with Gasteiger partial charge in [-0.15, -0.1) is 0 Å². The van der Waals surface area contributed by atoms with Crippen molar-refractivity contribution in [3.63, 3.8) is 0 Å². The molecule has 0 heterocycles. The summed E-state index contributed by atoms with van der Waals surface area (Å²) >= 11 is 0. The molecular weight excluding hydrogens is 290 g/mol. The largest absolute Gasteiger partial charge is 0.351 e. The average Bonchev–Trinajstić information content (AvgIpc) is 2.50. The Hall–Kier alpha value is -1.88. The van der Waals surface area contributed by atoms with Gasteiger partial charge in [0.15, 0.2) is 0 Å². The highest BCUT2D eigenvalue weighted by Crippen LogP contribution is 2.25. The Morgan fingerprint density at radius 1 is 1.04 bits per heavy atom. The number of hydrogen-bond acceptors (Lipinski definition) is 3. The molecule has 0 spiro atoms. The van der Waals surface area contributed by atoms with E-state index in [0.717, 1.165) is 12.0 Å². The van der Waals surface area contributed by atoms with Crippen molar-refractivity contribution in [2.75, 3.05) is 0 Å². The molecule has 0 aliphatic heterocycles. The van der Waals surface area contributed by atoms with Crippen LogP contribution in [0.2, 0.25) is 0 Å². The Balaban J connectivity index is 2.86. The molecule has 0 unspecified atom stereocenters. The lowest BCUT2D eigenvalue weighted by Crippen LogP contribution is -2.48. The Morgan fingerprint density at radius 2 is 1.57 bits per heavy atom. The van der Waals surface area contributed by atoms with E-state index in [4.69, 9.17) is 5.73 Å². The van der Waals surface area contributed by atoms with Crippen LogP contribution in [-0.4, -0.2) is 18.0 Å². The molecule has 0 saturated heterocycles. The highest BCUT2D eigenvalue weighted by molar-refractivity contribution is 5.96. The summed E-state index contributed by atoms with van der Waals surface area (Å²) in [6.07, 6.45) is 1.11. The van der Waals surface area contributed by atoms with Gasteiger partial charge in [0.25, 0.3) is 0 Å². The molecule has 23 heavy (non-hydrogen) atoms. The molecular formula is C18H29N3O2. The molecule has 4 N–H and O–H groups in total. The standard InChI is InChI=1S/C18H29N3O2/c1-6-12(4)14-7-9-15(10-8-14)16(11(2)3)20-13(5)17(22)21-18(19)23/h7-13,16,20H,6H2,1-5H3,(H3,19,21,22,23)/t12-,13+,16+/m1/s1. The Kier molecular flexibility index (Phi) is 7.23. The minimum absolute atomic E-state index is 0.0228. The summed E-state index contributed by atoms with van der Waals surface area (Å²) in [6.45, 7) is 10.3. The quantitative estimate of drug-likeness (QED) is 0.722. The number of rotatable bonds is 7. The fourth-order valence-electron chi connectivity index (χ4n) is 2.52. The number of urea groups is 1. The van der Waals surface area contributed by atoms with E-state index in [2.05, 4.69) is 62.6 Å². The van der Waals surface area contributed by atoms with Gasteiger partial charge in [-0.2, -0.15) is 0 Å². The Labute approximate surface area is 139 Å². The number of imide groups is 1. The SMILES string of the molecule is CC[C@@H](C)c1ccc([C@@H](N[C@@H](C)C(=O)NC(N)=O)C(C)C)cc1. The van der Waals surface area contributed by atoms with Crippen molar-refractivity contribution in [3.05, 3.63) is 35.4 Å². The van der Waals surface area contributed by atoms with Gasteiger partial charge in [0.05, 0.1) is 6.04 Å². The van der Waals surface area contributed by atoms with E-state index in [0.29, 0.717) is 11.8 Å². The number of carbonyl (C=O) groups excluding carboxylic acids is 2. The van der Waals surface area contributed by atoms with Crippen LogP contribution >= 0.6 is 0 Å². The second-order valence-electron chi connectivity index (χ2n) is 6.44. The van der Waals surface area contributed by atoms with Gasteiger partial charge >= 0.3 is 6.03 Å². The Bertz CT molecular complexity index is 526. The van der Waals surface area contributed by atoms with Crippen LogP contribution in [0.15, 0.2) is 24.3 Å². The number of benzene rings is 1. The van der Waals surface area contributed by atoms with Gasteiger partial charge < -0.3 is 5.73 Å². The van der Waals surface area contributed by atoms with Crippen molar-refractivity contribution in [3.8, 4) is 0 Å². The third-order valence-electron chi connectivity index (χ3n) is 4.21. The first-order valence-electron chi connectivity index (χ1n) is 8.22. The lowest BCUT2D eigenvalue weighted by molar-refractivity contribution is -0.121. The molecule has 0 radical (unpaired) electrons. The minimum atomic E-state index is -0.831. The van der Waals surface area contributed by atoms with E-state index in [1.54, 1.807) is 6.92 Å². The summed E-state index contributed by atoms with van der Waals surface area (Å²) in [5, 5.41) is 5.39. The summed E-state index contributed by atoms with van der Waals surface area (Å²) in [6, 6.07) is 7.19. The molecule has 0 fully saturated rings. The van der Waals surface area contributed by atoms with Crippen LogP contribution < -0.4 is 16.4 Å². The zero-order valence-corrected chi connectivity index (χ0v) is 14.7. The molecule has 5 nitrogen and oxygen atoms in total. The molecule has 0 aliphatic carbocycles. The summed E-state index contributed by atoms with van der Waals surface area (Å²) in [5.74, 6) is 0.419. The monoisotopic (exact) mass is 319 g/mol. The summed E-state index contributed by atoms with van der Waals surface area (Å²) in [7, 11) is 0. The summed E-state index contributed by atoms with van der Waals surface area (Å²) < 4.78 is 0. The average molecular weight is 319 g/mol. The second kappa shape index (κ2) is 8.67. The minimum Gasteiger partial charge on any atom is -0.351 e. The molecule has 1 rings (SSSR count). The van der Waals surface area contributed by atoms with Crippen LogP contribution in [0, 0.1) is 5.92 Å². The van der Waals surface area contributed by atoms with Crippen LogP contribution in [0.25, 0.3) is 0 Å². The smallest absolute Gasteiger partial charge is 0.318 e. The lowest BCUT2D eigenvalue weighted by Gasteiger charge is -2.26. The molecule has 1 aromatic carbocycles. The van der Waals surface area contributed by atoms with Crippen LogP contribution in [0.4, 0.5) is 4.79 Å². The van der Waals surface area contributed by atoms with E-state index < -0.39 is 18.0 Å². The molecule has 5 heteroatoms. The third kappa shape index (κ3) is 5.67. The number of primary amides is 1. The van der Waals surface area contributed by atoms with Crippen molar-refractivity contribution >= 4 is 11.9 Å². The van der Waals surface area contributed by atoms with Gasteiger partial charge in [-0.3, -0.25) is 15.4 Å². The van der Waals surface area contributed by atoms with Crippen LogP contribution in [-0.2, 0) is 4.79 Å². The van der Waals surface area contributed by atoms with Gasteiger partial charge in [-0.1, -0.05) is 52.0 Å². The first-order chi connectivity index (χ1) is 10.8. The molecule has 1 aromatic rings. The van der Waals surface area contributed by atoms with Gasteiger partial charge in [-0.05, 0) is 36.3 Å². The number of amides is 3. The van der Waals surface area contributed by atoms with Crippen molar-refractivity contribution in [2.45, 2.75) is 59.0 Å². The topological polar surface area (TPSA) is 84.2 Å². The molecule has 3 atom stereocenters. The molecule has 0 saturated carbocycles. The maximum absolute atomic E-state index is 11.9. The molecule has 128 valence electrons. The molecule has 0 aliphatic rings. The first kappa shape index (κ1) is 19.2. The van der Waals surface area contributed by atoms with E-state index in [-0.39, 0.29) is 6.04 Å². The maximum Gasteiger partial charge on any atom is 0.318 e. The number of carbonyl (C=O) groups is 2. The number of nitrogens with one attached hydrogen (secondary N) is 2. The van der Waals surface area contributed by atoms with E-state index >= 15 is 0 Å². The normalized spacial score (nSPS) is 15.0. The van der Waals surface area contributed by atoms with Gasteiger partial charge in [0.2, 0.25) is 5.91 Å². The molecule has 0 bridgehead atoms. The van der Waals surface area contributed by atoms with Gasteiger partial charge in [-0.25, -0.2) is 4.79 Å². The van der Waals surface area contributed by atoms with E-state index in [9.17, 15) is 9.59 Å². The molecule has 3 amide bonds. The third-order valence-corrected chi connectivity index (χ3v) is 4.21. The zero-order chi connectivity index (χ0) is 17.6. The summed E-state index contributed by atoms with van der Waals surface area (Å²) in [4.78, 5) is 22.6. The maximum atomic E-state index is 11.9. The van der Waals surface area contributed by atoms with E-state index in [1.807, 2.05) is 0 Å². The second-order valence-corrected chi connectivity index (χ2v) is 6.44. The van der Waals surface area contributed by atoms with Crippen LogP contribution in [0.3, 0.4) is 0 Å². The van der Waals surface area contributed by atoms with Crippen LogP contribution in [0.1, 0.15) is 64.1 Å². The van der Waals surface area contributed by atoms with Crippen LogP contribution in [0.5, 0.6) is 0 Å². The van der Waals surface area contributed by atoms with Crippen molar-refractivity contribution in [2.24, 2.45) is 11.7 Å². The highest BCUT2D eigenvalue weighted by Gasteiger charge is 2.22. The van der Waals surface area contributed by atoms with Crippen molar-refractivity contribution in [1.82, 2.24) is 10.6 Å². The number of nitrogens with two attached hydrogens (primary N) is 1. The lowest BCUT2D eigenvalue weighted by atomic mass is 9.91. The van der Waals surface area contributed by atoms with Crippen molar-refractivity contribution in [1.29, 1.82) is 0 Å². The predicted molar refractivity (Wildman–Crippen MR) is 93.1 cm³/mol. The predicted octanol–water partition coefficient (Wildman–Crippen LogP) is 3.07. The van der Waals surface area contributed by atoms with Gasteiger partial charge in [0, 0.05) is 6.04 Å². The summed E-state index contributed by atoms with van der Waals surface area (Å²) in [5.41, 5.74) is 7.44. The van der Waals surface area contributed by atoms with Crippen molar-refractivity contribution < 1.29 is 9.59 Å².